The van der Waals surface area contributed by atoms with Crippen molar-refractivity contribution in [1.82, 2.24) is 24.6 Å². The minimum absolute atomic E-state index is 0.0940. The number of benzene rings is 1. The SMILES string of the molecule is COC(=O)N1c2ccc3c(nc([C@H](C)Cn4cc(Cl)cn4)n3[C@@H]3CCNC3)c2CC[C@@H]1C. The molecule has 9 heteroatoms. The number of amides is 1. The summed E-state index contributed by atoms with van der Waals surface area (Å²) in [6, 6.07) is 4.63. The number of aromatic nitrogens is 4. The third kappa shape index (κ3) is 3.55. The van der Waals surface area contributed by atoms with Crippen molar-refractivity contribution in [3.63, 3.8) is 0 Å². The zero-order chi connectivity index (χ0) is 22.4. The quantitative estimate of drug-likeness (QED) is 0.638. The molecular weight excluding hydrogens is 428 g/mol. The molecule has 1 amide bonds. The molecule has 3 aromatic rings. The number of carbonyl (C=O) groups excluding carboxylic acids is 1. The van der Waals surface area contributed by atoms with E-state index in [0.29, 0.717) is 17.6 Å². The van der Waals surface area contributed by atoms with Gasteiger partial charge in [-0.05, 0) is 44.9 Å². The molecule has 0 saturated carbocycles. The van der Waals surface area contributed by atoms with Crippen molar-refractivity contribution in [2.75, 3.05) is 25.1 Å². The molecule has 4 heterocycles. The van der Waals surface area contributed by atoms with E-state index >= 15 is 0 Å². The number of halogens is 1. The van der Waals surface area contributed by atoms with Crippen LogP contribution in [0, 0.1) is 0 Å². The van der Waals surface area contributed by atoms with E-state index in [-0.39, 0.29) is 18.1 Å². The van der Waals surface area contributed by atoms with E-state index in [1.54, 1.807) is 11.1 Å². The van der Waals surface area contributed by atoms with Gasteiger partial charge in [-0.25, -0.2) is 9.78 Å². The molecule has 3 atom stereocenters. The third-order valence-electron chi connectivity index (χ3n) is 6.76. The first kappa shape index (κ1) is 21.3. The number of carbonyl (C=O) groups is 1. The van der Waals surface area contributed by atoms with Crippen LogP contribution in [-0.2, 0) is 17.7 Å². The summed E-state index contributed by atoms with van der Waals surface area (Å²) in [7, 11) is 1.44. The Balaban J connectivity index is 1.63. The lowest BCUT2D eigenvalue weighted by Crippen LogP contribution is -2.42. The molecule has 0 aliphatic carbocycles. The van der Waals surface area contributed by atoms with Crippen LogP contribution in [-0.4, -0.2) is 51.7 Å². The molecule has 2 aliphatic rings. The van der Waals surface area contributed by atoms with Crippen molar-refractivity contribution in [2.45, 2.75) is 57.7 Å². The summed E-state index contributed by atoms with van der Waals surface area (Å²) in [5.74, 6) is 1.20. The Morgan fingerprint density at radius 2 is 2.22 bits per heavy atom. The highest BCUT2D eigenvalue weighted by atomic mass is 35.5. The molecule has 2 aliphatic heterocycles. The number of rotatable bonds is 4. The fourth-order valence-corrected chi connectivity index (χ4v) is 5.34. The minimum atomic E-state index is -0.318. The maximum atomic E-state index is 12.5. The molecule has 5 rings (SSSR count). The van der Waals surface area contributed by atoms with Crippen molar-refractivity contribution < 1.29 is 9.53 Å². The number of nitrogens with zero attached hydrogens (tertiary/aromatic N) is 5. The molecule has 0 bridgehead atoms. The topological polar surface area (TPSA) is 77.2 Å². The lowest BCUT2D eigenvalue weighted by atomic mass is 9.95. The fourth-order valence-electron chi connectivity index (χ4n) is 5.18. The first-order valence-electron chi connectivity index (χ1n) is 11.3. The van der Waals surface area contributed by atoms with Gasteiger partial charge in [-0.2, -0.15) is 5.10 Å². The highest BCUT2D eigenvalue weighted by Gasteiger charge is 2.33. The van der Waals surface area contributed by atoms with Gasteiger partial charge in [0.25, 0.3) is 0 Å². The molecule has 1 saturated heterocycles. The van der Waals surface area contributed by atoms with Crippen molar-refractivity contribution in [3.05, 3.63) is 40.9 Å². The van der Waals surface area contributed by atoms with Crippen LogP contribution in [0.4, 0.5) is 10.5 Å². The highest BCUT2D eigenvalue weighted by molar-refractivity contribution is 6.30. The Labute approximate surface area is 192 Å². The van der Waals surface area contributed by atoms with Crippen LogP contribution < -0.4 is 10.2 Å². The largest absolute Gasteiger partial charge is 0.452 e. The summed E-state index contributed by atoms with van der Waals surface area (Å²) < 4.78 is 9.36. The zero-order valence-electron chi connectivity index (χ0n) is 18.7. The first-order chi connectivity index (χ1) is 15.5. The average molecular weight is 457 g/mol. The Bertz CT molecular complexity index is 1150. The molecular formula is C23H29ClN6O2. The second-order valence-corrected chi connectivity index (χ2v) is 9.36. The van der Waals surface area contributed by atoms with Crippen molar-refractivity contribution in [1.29, 1.82) is 0 Å². The Hall–Kier alpha value is -2.58. The van der Waals surface area contributed by atoms with Crippen LogP contribution in [0.15, 0.2) is 24.5 Å². The maximum absolute atomic E-state index is 12.5. The molecule has 170 valence electrons. The lowest BCUT2D eigenvalue weighted by molar-refractivity contribution is 0.175. The highest BCUT2D eigenvalue weighted by Crippen LogP contribution is 2.39. The van der Waals surface area contributed by atoms with Gasteiger partial charge in [0.15, 0.2) is 0 Å². The predicted molar refractivity (Wildman–Crippen MR) is 125 cm³/mol. The van der Waals surface area contributed by atoms with Gasteiger partial charge in [0, 0.05) is 36.3 Å². The number of anilines is 1. The van der Waals surface area contributed by atoms with Crippen LogP contribution >= 0.6 is 11.6 Å². The van der Waals surface area contributed by atoms with Crippen molar-refractivity contribution in [3.8, 4) is 0 Å². The van der Waals surface area contributed by atoms with E-state index < -0.39 is 0 Å². The second kappa shape index (κ2) is 8.41. The van der Waals surface area contributed by atoms with Crippen LogP contribution in [0.3, 0.4) is 0 Å². The van der Waals surface area contributed by atoms with E-state index in [4.69, 9.17) is 21.3 Å². The number of hydrogen-bond acceptors (Lipinski definition) is 5. The molecule has 0 radical (unpaired) electrons. The van der Waals surface area contributed by atoms with Crippen LogP contribution in [0.1, 0.15) is 50.0 Å². The number of hydrogen-bond donors (Lipinski definition) is 1. The number of nitrogens with one attached hydrogen (secondary N) is 1. The predicted octanol–water partition coefficient (Wildman–Crippen LogP) is 4.13. The van der Waals surface area contributed by atoms with E-state index in [9.17, 15) is 4.79 Å². The third-order valence-corrected chi connectivity index (χ3v) is 6.95. The Morgan fingerprint density at radius 3 is 2.91 bits per heavy atom. The molecule has 1 N–H and O–H groups in total. The molecule has 0 unspecified atom stereocenters. The summed E-state index contributed by atoms with van der Waals surface area (Å²) in [6.07, 6.45) is 6.04. The van der Waals surface area contributed by atoms with Gasteiger partial charge in [-0.15, -0.1) is 0 Å². The first-order valence-corrected chi connectivity index (χ1v) is 11.6. The van der Waals surface area contributed by atoms with Crippen molar-refractivity contribution >= 4 is 34.4 Å². The number of methoxy groups -OCH3 is 1. The van der Waals surface area contributed by atoms with Crippen LogP contribution in [0.25, 0.3) is 11.0 Å². The van der Waals surface area contributed by atoms with Crippen LogP contribution in [0.5, 0.6) is 0 Å². The normalized spacial score (nSPS) is 21.7. The number of ether oxygens (including phenoxy) is 1. The summed E-state index contributed by atoms with van der Waals surface area (Å²) >= 11 is 6.08. The molecule has 1 aromatic carbocycles. The van der Waals surface area contributed by atoms with E-state index in [1.165, 1.54) is 7.11 Å². The molecule has 8 nitrogen and oxygen atoms in total. The number of fused-ring (bicyclic) bond motifs is 3. The standard InChI is InChI=1S/C23H29ClN6O2/c1-14(12-28-13-16(24)10-26-28)22-27-21-18-5-4-15(2)29(23(31)32-3)19(18)6-7-20(21)30(22)17-8-9-25-11-17/h6-7,10,13-15,17,25H,4-5,8-9,11-12H2,1-3H3/t14-,15+,17-/m1/s1. The number of aryl methyl sites for hydroxylation is 1. The Kier molecular flexibility index (Phi) is 5.59. The van der Waals surface area contributed by atoms with Gasteiger partial charge >= 0.3 is 6.09 Å². The van der Waals surface area contributed by atoms with Gasteiger partial charge in [0.2, 0.25) is 0 Å². The maximum Gasteiger partial charge on any atom is 0.414 e. The second-order valence-electron chi connectivity index (χ2n) is 8.93. The van der Waals surface area contributed by atoms with E-state index in [2.05, 4.69) is 41.0 Å². The summed E-state index contributed by atoms with van der Waals surface area (Å²) in [5.41, 5.74) is 4.18. The molecule has 2 aromatic heterocycles. The molecule has 1 fully saturated rings. The summed E-state index contributed by atoms with van der Waals surface area (Å²) in [6.45, 7) is 6.89. The van der Waals surface area contributed by atoms with Crippen molar-refractivity contribution in [2.24, 2.45) is 0 Å². The van der Waals surface area contributed by atoms with E-state index in [1.807, 2.05) is 10.9 Å². The van der Waals surface area contributed by atoms with Gasteiger partial charge in [-0.3, -0.25) is 9.58 Å². The molecule has 32 heavy (non-hydrogen) atoms. The zero-order valence-corrected chi connectivity index (χ0v) is 19.5. The monoisotopic (exact) mass is 456 g/mol. The van der Waals surface area contributed by atoms with E-state index in [0.717, 1.165) is 60.5 Å². The van der Waals surface area contributed by atoms with Gasteiger partial charge < -0.3 is 14.6 Å². The summed E-state index contributed by atoms with van der Waals surface area (Å²) in [5, 5.41) is 8.48. The summed E-state index contributed by atoms with van der Waals surface area (Å²) in [4.78, 5) is 19.5. The lowest BCUT2D eigenvalue weighted by Gasteiger charge is -2.34. The van der Waals surface area contributed by atoms with Gasteiger partial charge in [0.1, 0.15) is 5.82 Å². The van der Waals surface area contributed by atoms with Gasteiger partial charge in [0.05, 0.1) is 41.6 Å². The fraction of sp³-hybridized carbons (Fsp3) is 0.522. The average Bonchev–Trinajstić information content (AvgIpc) is 3.52. The molecule has 0 spiro atoms. The minimum Gasteiger partial charge on any atom is -0.452 e. The smallest absolute Gasteiger partial charge is 0.414 e. The van der Waals surface area contributed by atoms with Gasteiger partial charge in [-0.1, -0.05) is 18.5 Å². The number of imidazole rings is 1. The van der Waals surface area contributed by atoms with Crippen LogP contribution in [0.2, 0.25) is 5.02 Å². The Morgan fingerprint density at radius 1 is 1.38 bits per heavy atom.